The first-order valence-electron chi connectivity index (χ1n) is 5.83. The van der Waals surface area contributed by atoms with Crippen LogP contribution in [0.5, 0.6) is 0 Å². The molecule has 0 spiro atoms. The van der Waals surface area contributed by atoms with Crippen molar-refractivity contribution in [3.8, 4) is 0 Å². The van der Waals surface area contributed by atoms with Crippen LogP contribution in [-0.2, 0) is 20.7 Å². The number of alkyl carbamates (subject to hydrolysis) is 1. The van der Waals surface area contributed by atoms with Crippen LogP contribution in [0.1, 0.15) is 12.5 Å². The zero-order chi connectivity index (χ0) is 14.3. The molecular weight excluding hydrogens is 314 g/mol. The molecule has 0 saturated heterocycles. The van der Waals surface area contributed by atoms with Crippen LogP contribution in [-0.4, -0.2) is 31.8 Å². The molecule has 0 saturated carbocycles. The van der Waals surface area contributed by atoms with Gasteiger partial charge in [-0.15, -0.1) is 0 Å². The quantitative estimate of drug-likeness (QED) is 0.842. The Bertz CT molecular complexity index is 450. The van der Waals surface area contributed by atoms with Crippen molar-refractivity contribution in [2.75, 3.05) is 13.7 Å². The second-order valence-electron chi connectivity index (χ2n) is 3.74. The molecule has 1 aromatic rings. The highest BCUT2D eigenvalue weighted by Crippen LogP contribution is 2.17. The van der Waals surface area contributed by atoms with Crippen molar-refractivity contribution in [3.05, 3.63) is 34.3 Å². The maximum atomic E-state index is 11.7. The molecule has 0 unspecified atom stereocenters. The Labute approximate surface area is 120 Å². The van der Waals surface area contributed by atoms with Crippen LogP contribution in [0.4, 0.5) is 4.79 Å². The number of esters is 1. The highest BCUT2D eigenvalue weighted by Gasteiger charge is 2.23. The lowest BCUT2D eigenvalue weighted by Crippen LogP contribution is -2.43. The van der Waals surface area contributed by atoms with E-state index in [1.807, 2.05) is 24.3 Å². The average molecular weight is 330 g/mol. The summed E-state index contributed by atoms with van der Waals surface area (Å²) in [5.74, 6) is -0.510. The Balaban J connectivity index is 2.78. The van der Waals surface area contributed by atoms with Gasteiger partial charge in [0, 0.05) is 10.9 Å². The molecule has 0 aliphatic carbocycles. The van der Waals surface area contributed by atoms with E-state index in [1.54, 1.807) is 6.92 Å². The molecule has 6 heteroatoms. The minimum absolute atomic E-state index is 0.245. The summed E-state index contributed by atoms with van der Waals surface area (Å²) < 4.78 is 10.3. The number of methoxy groups -OCH3 is 1. The minimum atomic E-state index is -0.775. The highest BCUT2D eigenvalue weighted by molar-refractivity contribution is 9.10. The van der Waals surface area contributed by atoms with E-state index >= 15 is 0 Å². The Morgan fingerprint density at radius 1 is 1.37 bits per heavy atom. The average Bonchev–Trinajstić information content (AvgIpc) is 2.39. The van der Waals surface area contributed by atoms with Crippen molar-refractivity contribution in [1.82, 2.24) is 5.32 Å². The lowest BCUT2D eigenvalue weighted by Gasteiger charge is -2.16. The Morgan fingerprint density at radius 2 is 2.05 bits per heavy atom. The van der Waals surface area contributed by atoms with Crippen LogP contribution in [0.25, 0.3) is 0 Å². The summed E-state index contributed by atoms with van der Waals surface area (Å²) in [6.45, 7) is 1.94. The first-order chi connectivity index (χ1) is 9.08. The maximum absolute atomic E-state index is 11.7. The van der Waals surface area contributed by atoms with Gasteiger partial charge in [0.05, 0.1) is 13.7 Å². The zero-order valence-electron chi connectivity index (χ0n) is 10.8. The summed E-state index contributed by atoms with van der Waals surface area (Å²) in [5.41, 5.74) is 0.898. The fourth-order valence-electron chi connectivity index (χ4n) is 1.53. The molecule has 1 amide bonds. The van der Waals surface area contributed by atoms with Gasteiger partial charge in [-0.25, -0.2) is 9.59 Å². The van der Waals surface area contributed by atoms with Gasteiger partial charge in [0.15, 0.2) is 0 Å². The highest BCUT2D eigenvalue weighted by atomic mass is 79.9. The fraction of sp³-hybridized carbons (Fsp3) is 0.385. The van der Waals surface area contributed by atoms with Gasteiger partial charge in [-0.2, -0.15) is 0 Å². The van der Waals surface area contributed by atoms with E-state index in [2.05, 4.69) is 26.0 Å². The molecule has 0 fully saturated rings. The number of ether oxygens (including phenoxy) is 2. The molecule has 0 aliphatic rings. The summed E-state index contributed by atoms with van der Waals surface area (Å²) in [6, 6.07) is 6.70. The fourth-order valence-corrected chi connectivity index (χ4v) is 1.98. The second kappa shape index (κ2) is 7.78. The van der Waals surface area contributed by atoms with Crippen LogP contribution >= 0.6 is 15.9 Å². The van der Waals surface area contributed by atoms with E-state index in [9.17, 15) is 9.59 Å². The van der Waals surface area contributed by atoms with Crippen molar-refractivity contribution in [2.24, 2.45) is 0 Å². The molecule has 19 heavy (non-hydrogen) atoms. The van der Waals surface area contributed by atoms with E-state index < -0.39 is 18.1 Å². The number of rotatable bonds is 5. The summed E-state index contributed by atoms with van der Waals surface area (Å²) in [5, 5.41) is 2.49. The normalized spacial score (nSPS) is 11.5. The van der Waals surface area contributed by atoms with Crippen molar-refractivity contribution >= 4 is 28.0 Å². The Hall–Kier alpha value is -1.56. The van der Waals surface area contributed by atoms with Crippen LogP contribution in [0, 0.1) is 0 Å². The van der Waals surface area contributed by atoms with Crippen LogP contribution in [0.2, 0.25) is 0 Å². The first kappa shape index (κ1) is 15.5. The van der Waals surface area contributed by atoms with Gasteiger partial charge in [-0.1, -0.05) is 34.1 Å². The molecule has 1 aromatic carbocycles. The molecule has 1 rings (SSSR count). The van der Waals surface area contributed by atoms with Gasteiger partial charge in [0.2, 0.25) is 0 Å². The Morgan fingerprint density at radius 3 is 2.63 bits per heavy atom. The third kappa shape index (κ3) is 4.90. The van der Waals surface area contributed by atoms with Crippen molar-refractivity contribution in [3.63, 3.8) is 0 Å². The summed E-state index contributed by atoms with van der Waals surface area (Å²) in [6.07, 6.45) is -0.308. The van der Waals surface area contributed by atoms with Crippen molar-refractivity contribution < 1.29 is 19.1 Å². The molecular formula is C13H16BrNO4. The molecule has 0 heterocycles. The van der Waals surface area contributed by atoms with E-state index in [-0.39, 0.29) is 6.61 Å². The van der Waals surface area contributed by atoms with Gasteiger partial charge < -0.3 is 14.8 Å². The van der Waals surface area contributed by atoms with Gasteiger partial charge >= 0.3 is 12.1 Å². The largest absolute Gasteiger partial charge is 0.467 e. The number of halogens is 1. The van der Waals surface area contributed by atoms with E-state index in [0.717, 1.165) is 10.0 Å². The smallest absolute Gasteiger partial charge is 0.407 e. The van der Waals surface area contributed by atoms with Gasteiger partial charge in [0.1, 0.15) is 6.04 Å². The van der Waals surface area contributed by atoms with E-state index in [1.165, 1.54) is 7.11 Å². The molecule has 0 radical (unpaired) electrons. The predicted octanol–water partition coefficient (Wildman–Crippen LogP) is 2.28. The molecule has 0 aromatic heterocycles. The number of hydrogen-bond donors (Lipinski definition) is 1. The zero-order valence-corrected chi connectivity index (χ0v) is 12.4. The maximum Gasteiger partial charge on any atom is 0.407 e. The summed E-state index contributed by atoms with van der Waals surface area (Å²) >= 11 is 3.40. The number of carbonyl (C=O) groups excluding carboxylic acids is 2. The topological polar surface area (TPSA) is 64.6 Å². The standard InChI is InChI=1S/C13H16BrNO4/c1-3-19-13(17)15-11(12(16)18-2)8-9-6-4-5-7-10(9)14/h4-7,11H,3,8H2,1-2H3,(H,15,17)/t11-/m1/s1. The molecule has 1 N–H and O–H groups in total. The van der Waals surface area contributed by atoms with E-state index in [4.69, 9.17) is 4.74 Å². The van der Waals surface area contributed by atoms with Crippen LogP contribution in [0.3, 0.4) is 0 Å². The minimum Gasteiger partial charge on any atom is -0.467 e. The number of nitrogens with one attached hydrogen (secondary N) is 1. The third-order valence-electron chi connectivity index (χ3n) is 2.44. The number of benzene rings is 1. The van der Waals surface area contributed by atoms with Crippen LogP contribution in [0.15, 0.2) is 28.7 Å². The van der Waals surface area contributed by atoms with E-state index in [0.29, 0.717) is 6.42 Å². The lowest BCUT2D eigenvalue weighted by atomic mass is 10.1. The monoisotopic (exact) mass is 329 g/mol. The lowest BCUT2D eigenvalue weighted by molar-refractivity contribution is -0.142. The van der Waals surface area contributed by atoms with Crippen LogP contribution < -0.4 is 5.32 Å². The van der Waals surface area contributed by atoms with Gasteiger partial charge in [0.25, 0.3) is 0 Å². The number of hydrogen-bond acceptors (Lipinski definition) is 4. The predicted molar refractivity (Wildman–Crippen MR) is 73.8 cm³/mol. The molecule has 1 atom stereocenters. The second-order valence-corrected chi connectivity index (χ2v) is 4.59. The van der Waals surface area contributed by atoms with Crippen molar-refractivity contribution in [1.29, 1.82) is 0 Å². The molecule has 0 aliphatic heterocycles. The number of carbonyl (C=O) groups is 2. The third-order valence-corrected chi connectivity index (χ3v) is 3.21. The molecule has 5 nitrogen and oxygen atoms in total. The SMILES string of the molecule is CCOC(=O)N[C@H](Cc1ccccc1Br)C(=O)OC. The molecule has 0 bridgehead atoms. The summed E-state index contributed by atoms with van der Waals surface area (Å²) in [4.78, 5) is 23.1. The van der Waals surface area contributed by atoms with Gasteiger partial charge in [-0.3, -0.25) is 0 Å². The summed E-state index contributed by atoms with van der Waals surface area (Å²) in [7, 11) is 1.28. The number of amides is 1. The Kier molecular flexibility index (Phi) is 6.35. The first-order valence-corrected chi connectivity index (χ1v) is 6.62. The van der Waals surface area contributed by atoms with Gasteiger partial charge in [-0.05, 0) is 18.6 Å². The molecule has 104 valence electrons. The van der Waals surface area contributed by atoms with Crippen molar-refractivity contribution in [2.45, 2.75) is 19.4 Å².